The molecule has 110 valence electrons. The molecular weight excluding hydrogens is 289 g/mol. The van der Waals surface area contributed by atoms with Gasteiger partial charge in [0, 0.05) is 11.6 Å². The first-order valence-electron chi connectivity index (χ1n) is 6.79. The fraction of sp³-hybridized carbons (Fsp3) is 0.235. The first-order chi connectivity index (χ1) is 9.97. The Morgan fingerprint density at radius 2 is 1.86 bits per heavy atom. The van der Waals surface area contributed by atoms with E-state index in [1.165, 1.54) is 23.8 Å². The van der Waals surface area contributed by atoms with Gasteiger partial charge in [-0.25, -0.2) is 4.39 Å². The molecule has 2 nitrogen and oxygen atoms in total. The lowest BCUT2D eigenvalue weighted by Gasteiger charge is -2.09. The predicted molar refractivity (Wildman–Crippen MR) is 83.1 cm³/mol. The molecule has 0 spiro atoms. The Kier molecular flexibility index (Phi) is 4.97. The summed E-state index contributed by atoms with van der Waals surface area (Å²) in [4.78, 5) is 12.0. The highest BCUT2D eigenvalue weighted by atomic mass is 35.5. The number of amides is 1. The molecule has 0 saturated heterocycles. The van der Waals surface area contributed by atoms with Crippen LogP contribution in [0.5, 0.6) is 0 Å². The normalized spacial score (nSPS) is 10.7. The molecule has 2 aromatic rings. The van der Waals surface area contributed by atoms with Gasteiger partial charge in [-0.1, -0.05) is 49.7 Å². The van der Waals surface area contributed by atoms with Crippen molar-refractivity contribution in [3.63, 3.8) is 0 Å². The molecule has 1 N–H and O–H groups in total. The molecule has 0 saturated carbocycles. The standard InChI is InChI=1S/C17H17ClFNO/c1-11(2)13-5-3-12(4-6-13)10-20-17(21)15-9-14(18)7-8-16(15)19/h3-9,11H,10H2,1-2H3,(H,20,21). The molecular formula is C17H17ClFNO. The van der Waals surface area contributed by atoms with Crippen LogP contribution >= 0.6 is 11.6 Å². The molecule has 2 aromatic carbocycles. The molecule has 0 radical (unpaired) electrons. The number of carbonyl (C=O) groups excluding carboxylic acids is 1. The Morgan fingerprint density at radius 3 is 2.48 bits per heavy atom. The molecule has 4 heteroatoms. The van der Waals surface area contributed by atoms with E-state index in [9.17, 15) is 9.18 Å². The van der Waals surface area contributed by atoms with Crippen molar-refractivity contribution < 1.29 is 9.18 Å². The number of rotatable bonds is 4. The molecule has 0 fully saturated rings. The number of nitrogens with one attached hydrogen (secondary N) is 1. The van der Waals surface area contributed by atoms with Crippen molar-refractivity contribution in [3.8, 4) is 0 Å². The maximum absolute atomic E-state index is 13.6. The summed E-state index contributed by atoms with van der Waals surface area (Å²) in [5.41, 5.74) is 2.17. The average Bonchev–Trinajstić information content (AvgIpc) is 2.47. The third-order valence-electron chi connectivity index (χ3n) is 3.27. The second-order valence-electron chi connectivity index (χ2n) is 5.20. The van der Waals surface area contributed by atoms with Crippen molar-refractivity contribution >= 4 is 17.5 Å². The van der Waals surface area contributed by atoms with Crippen LogP contribution in [0.2, 0.25) is 5.02 Å². The van der Waals surface area contributed by atoms with Gasteiger partial charge in [-0.05, 0) is 35.2 Å². The summed E-state index contributed by atoms with van der Waals surface area (Å²) in [6.07, 6.45) is 0. The summed E-state index contributed by atoms with van der Waals surface area (Å²) in [7, 11) is 0. The van der Waals surface area contributed by atoms with Crippen LogP contribution in [-0.2, 0) is 6.54 Å². The van der Waals surface area contributed by atoms with E-state index in [1.807, 2.05) is 24.3 Å². The molecule has 0 aliphatic carbocycles. The lowest BCUT2D eigenvalue weighted by Crippen LogP contribution is -2.23. The van der Waals surface area contributed by atoms with Crippen LogP contribution in [-0.4, -0.2) is 5.91 Å². The minimum absolute atomic E-state index is 0.0405. The minimum atomic E-state index is -0.577. The fourth-order valence-electron chi connectivity index (χ4n) is 1.97. The maximum atomic E-state index is 13.6. The highest BCUT2D eigenvalue weighted by Crippen LogP contribution is 2.16. The summed E-state index contributed by atoms with van der Waals surface area (Å²) < 4.78 is 13.6. The first kappa shape index (κ1) is 15.5. The van der Waals surface area contributed by atoms with Gasteiger partial charge in [0.05, 0.1) is 5.56 Å². The van der Waals surface area contributed by atoms with Crippen LogP contribution in [0.1, 0.15) is 41.3 Å². The van der Waals surface area contributed by atoms with E-state index in [2.05, 4.69) is 19.2 Å². The van der Waals surface area contributed by atoms with Crippen LogP contribution in [0.4, 0.5) is 4.39 Å². The predicted octanol–water partition coefficient (Wildman–Crippen LogP) is 4.53. The zero-order valence-electron chi connectivity index (χ0n) is 12.0. The van der Waals surface area contributed by atoms with Crippen LogP contribution in [0.15, 0.2) is 42.5 Å². The van der Waals surface area contributed by atoms with Gasteiger partial charge in [-0.2, -0.15) is 0 Å². The molecule has 0 atom stereocenters. The van der Waals surface area contributed by atoms with Crippen molar-refractivity contribution in [2.45, 2.75) is 26.3 Å². The quantitative estimate of drug-likeness (QED) is 0.883. The van der Waals surface area contributed by atoms with Crippen molar-refractivity contribution in [1.82, 2.24) is 5.32 Å². The van der Waals surface area contributed by atoms with E-state index in [1.54, 1.807) is 0 Å². The number of halogens is 2. The van der Waals surface area contributed by atoms with Gasteiger partial charge >= 0.3 is 0 Å². The SMILES string of the molecule is CC(C)c1ccc(CNC(=O)c2cc(Cl)ccc2F)cc1. The monoisotopic (exact) mass is 305 g/mol. The molecule has 0 aliphatic rings. The van der Waals surface area contributed by atoms with Gasteiger partial charge in [0.1, 0.15) is 5.82 Å². The highest BCUT2D eigenvalue weighted by molar-refractivity contribution is 6.30. The van der Waals surface area contributed by atoms with Crippen molar-refractivity contribution in [2.24, 2.45) is 0 Å². The third-order valence-corrected chi connectivity index (χ3v) is 3.51. The lowest BCUT2D eigenvalue weighted by atomic mass is 10.0. The minimum Gasteiger partial charge on any atom is -0.348 e. The molecule has 1 amide bonds. The van der Waals surface area contributed by atoms with Gasteiger partial charge in [-0.3, -0.25) is 4.79 Å². The Hall–Kier alpha value is -1.87. The smallest absolute Gasteiger partial charge is 0.254 e. The van der Waals surface area contributed by atoms with Crippen LogP contribution < -0.4 is 5.32 Å². The molecule has 0 heterocycles. The number of hydrogen-bond donors (Lipinski definition) is 1. The Morgan fingerprint density at radius 1 is 1.19 bits per heavy atom. The summed E-state index contributed by atoms with van der Waals surface area (Å²) >= 11 is 5.78. The van der Waals surface area contributed by atoms with Gasteiger partial charge in [0.2, 0.25) is 0 Å². The molecule has 2 rings (SSSR count). The average molecular weight is 306 g/mol. The van der Waals surface area contributed by atoms with Gasteiger partial charge < -0.3 is 5.32 Å². The second-order valence-corrected chi connectivity index (χ2v) is 5.64. The third kappa shape index (κ3) is 4.05. The van der Waals surface area contributed by atoms with E-state index >= 15 is 0 Å². The second kappa shape index (κ2) is 6.72. The fourth-order valence-corrected chi connectivity index (χ4v) is 2.14. The van der Waals surface area contributed by atoms with Crippen LogP contribution in [0.25, 0.3) is 0 Å². The lowest BCUT2D eigenvalue weighted by molar-refractivity contribution is 0.0947. The largest absolute Gasteiger partial charge is 0.348 e. The van der Waals surface area contributed by atoms with Crippen molar-refractivity contribution in [2.75, 3.05) is 0 Å². The maximum Gasteiger partial charge on any atom is 0.254 e. The number of carbonyl (C=O) groups is 1. The Balaban J connectivity index is 2.02. The van der Waals surface area contributed by atoms with E-state index in [0.29, 0.717) is 17.5 Å². The van der Waals surface area contributed by atoms with Gasteiger partial charge in [0.25, 0.3) is 5.91 Å². The molecule has 21 heavy (non-hydrogen) atoms. The van der Waals surface area contributed by atoms with E-state index in [0.717, 1.165) is 5.56 Å². The molecule has 0 aliphatic heterocycles. The van der Waals surface area contributed by atoms with Gasteiger partial charge in [-0.15, -0.1) is 0 Å². The summed E-state index contributed by atoms with van der Waals surface area (Å²) in [5, 5.41) is 3.03. The summed E-state index contributed by atoms with van der Waals surface area (Å²) in [6.45, 7) is 4.60. The Bertz CT molecular complexity index is 638. The summed E-state index contributed by atoms with van der Waals surface area (Å²) in [6, 6.07) is 11.9. The molecule has 0 unspecified atom stereocenters. The van der Waals surface area contributed by atoms with Crippen molar-refractivity contribution in [1.29, 1.82) is 0 Å². The van der Waals surface area contributed by atoms with E-state index < -0.39 is 11.7 Å². The zero-order chi connectivity index (χ0) is 15.4. The topological polar surface area (TPSA) is 29.1 Å². The Labute approximate surface area is 128 Å². The van der Waals surface area contributed by atoms with E-state index in [-0.39, 0.29) is 5.56 Å². The summed E-state index contributed by atoms with van der Waals surface area (Å²) in [5.74, 6) is -0.579. The zero-order valence-corrected chi connectivity index (χ0v) is 12.7. The first-order valence-corrected chi connectivity index (χ1v) is 7.17. The van der Waals surface area contributed by atoms with Gasteiger partial charge in [0.15, 0.2) is 0 Å². The number of hydrogen-bond acceptors (Lipinski definition) is 1. The highest BCUT2D eigenvalue weighted by Gasteiger charge is 2.11. The van der Waals surface area contributed by atoms with Crippen molar-refractivity contribution in [3.05, 3.63) is 70.0 Å². The molecule has 0 aromatic heterocycles. The van der Waals surface area contributed by atoms with Crippen LogP contribution in [0.3, 0.4) is 0 Å². The van der Waals surface area contributed by atoms with E-state index in [4.69, 9.17) is 11.6 Å². The van der Waals surface area contributed by atoms with Crippen LogP contribution in [0, 0.1) is 5.82 Å². The number of benzene rings is 2. The molecule has 0 bridgehead atoms.